The van der Waals surface area contributed by atoms with E-state index in [0.29, 0.717) is 28.9 Å². The van der Waals surface area contributed by atoms with Crippen molar-refractivity contribution >= 4 is 41.5 Å². The average molecular weight is 366 g/mol. The predicted octanol–water partition coefficient (Wildman–Crippen LogP) is 4.15. The minimum Gasteiger partial charge on any atom is -0.341 e. The molecule has 1 fully saturated rings. The lowest BCUT2D eigenvalue weighted by atomic mass is 9.93. The van der Waals surface area contributed by atoms with Gasteiger partial charge in [-0.3, -0.25) is 4.79 Å². The highest BCUT2D eigenvalue weighted by Crippen LogP contribution is 2.26. The number of nitrogens with zero attached hydrogens (tertiary/aromatic N) is 1. The largest absolute Gasteiger partial charge is 0.341 e. The van der Waals surface area contributed by atoms with Crippen LogP contribution in [0.25, 0.3) is 0 Å². The Morgan fingerprint density at radius 2 is 2.00 bits per heavy atom. The van der Waals surface area contributed by atoms with Gasteiger partial charge in [-0.05, 0) is 49.9 Å². The molecule has 0 atom stereocenters. The molecule has 0 aliphatic carbocycles. The molecule has 124 valence electrons. The Labute approximate surface area is 148 Å². The number of hydrogen-bond donors (Lipinski definition) is 1. The number of rotatable bonds is 5. The standard InChI is InChI=1S/C16H22Cl2N2O.ClH/c1-20(11-13-3-2-4-14(17)16(13)18)15(21)6-5-12-7-9-19-10-8-12;/h2-4,12,19H,5-11H2,1H3;1H. The summed E-state index contributed by atoms with van der Waals surface area (Å²) in [6.45, 7) is 2.66. The SMILES string of the molecule is CN(Cc1cccc(Cl)c1Cl)C(=O)CCC1CCNCC1.Cl. The maximum Gasteiger partial charge on any atom is 0.222 e. The first-order valence-corrected chi connectivity index (χ1v) is 8.21. The molecule has 1 aliphatic rings. The third-order valence-electron chi connectivity index (χ3n) is 4.09. The van der Waals surface area contributed by atoms with E-state index in [0.717, 1.165) is 25.1 Å². The first kappa shape index (κ1) is 19.6. The van der Waals surface area contributed by atoms with Crippen molar-refractivity contribution in [1.29, 1.82) is 0 Å². The van der Waals surface area contributed by atoms with E-state index in [1.807, 2.05) is 19.2 Å². The third kappa shape index (κ3) is 5.62. The number of benzene rings is 1. The Balaban J connectivity index is 0.00000242. The zero-order valence-electron chi connectivity index (χ0n) is 12.8. The van der Waals surface area contributed by atoms with E-state index in [1.54, 1.807) is 11.0 Å². The van der Waals surface area contributed by atoms with Gasteiger partial charge in [-0.15, -0.1) is 12.4 Å². The van der Waals surface area contributed by atoms with Crippen LogP contribution in [0.1, 0.15) is 31.2 Å². The van der Waals surface area contributed by atoms with Crippen LogP contribution in [0.5, 0.6) is 0 Å². The van der Waals surface area contributed by atoms with Crippen LogP contribution in [-0.4, -0.2) is 30.9 Å². The molecule has 0 spiro atoms. The van der Waals surface area contributed by atoms with Gasteiger partial charge in [0.15, 0.2) is 0 Å². The maximum absolute atomic E-state index is 12.2. The molecule has 0 aromatic heterocycles. The minimum atomic E-state index is 0. The Kier molecular flexibility index (Phi) is 8.55. The van der Waals surface area contributed by atoms with Crippen molar-refractivity contribution in [2.45, 2.75) is 32.2 Å². The second kappa shape index (κ2) is 9.61. The molecule has 1 amide bonds. The van der Waals surface area contributed by atoms with Crippen molar-refractivity contribution < 1.29 is 4.79 Å². The van der Waals surface area contributed by atoms with Crippen LogP contribution in [0.4, 0.5) is 0 Å². The van der Waals surface area contributed by atoms with Gasteiger partial charge in [0, 0.05) is 20.0 Å². The molecule has 1 aromatic carbocycles. The monoisotopic (exact) mass is 364 g/mol. The Morgan fingerprint density at radius 1 is 1.32 bits per heavy atom. The van der Waals surface area contributed by atoms with Gasteiger partial charge in [0.2, 0.25) is 5.91 Å². The van der Waals surface area contributed by atoms with E-state index >= 15 is 0 Å². The van der Waals surface area contributed by atoms with Crippen LogP contribution in [-0.2, 0) is 11.3 Å². The number of piperidine rings is 1. The van der Waals surface area contributed by atoms with Crippen LogP contribution < -0.4 is 5.32 Å². The molecular weight excluding hydrogens is 343 g/mol. The Morgan fingerprint density at radius 3 is 2.68 bits per heavy atom. The topological polar surface area (TPSA) is 32.3 Å². The van der Waals surface area contributed by atoms with Crippen molar-refractivity contribution in [3.8, 4) is 0 Å². The van der Waals surface area contributed by atoms with E-state index in [2.05, 4.69) is 5.32 Å². The van der Waals surface area contributed by atoms with Gasteiger partial charge in [-0.25, -0.2) is 0 Å². The van der Waals surface area contributed by atoms with Crippen molar-refractivity contribution in [3.05, 3.63) is 33.8 Å². The summed E-state index contributed by atoms with van der Waals surface area (Å²) in [7, 11) is 1.82. The normalized spacial score (nSPS) is 15.2. The van der Waals surface area contributed by atoms with Gasteiger partial charge in [-0.1, -0.05) is 35.3 Å². The van der Waals surface area contributed by atoms with Crippen LogP contribution in [0.3, 0.4) is 0 Å². The molecule has 0 bridgehead atoms. The molecule has 0 unspecified atom stereocenters. The molecule has 22 heavy (non-hydrogen) atoms. The Bertz CT molecular complexity index is 490. The smallest absolute Gasteiger partial charge is 0.222 e. The van der Waals surface area contributed by atoms with Gasteiger partial charge < -0.3 is 10.2 Å². The van der Waals surface area contributed by atoms with Gasteiger partial charge in [0.05, 0.1) is 10.0 Å². The maximum atomic E-state index is 12.2. The predicted molar refractivity (Wildman–Crippen MR) is 95.0 cm³/mol. The van der Waals surface area contributed by atoms with Gasteiger partial charge >= 0.3 is 0 Å². The number of halogens is 3. The summed E-state index contributed by atoms with van der Waals surface area (Å²) in [5.41, 5.74) is 0.891. The van der Waals surface area contributed by atoms with E-state index in [4.69, 9.17) is 23.2 Å². The van der Waals surface area contributed by atoms with Crippen molar-refractivity contribution in [2.75, 3.05) is 20.1 Å². The molecule has 1 N–H and O–H groups in total. The summed E-state index contributed by atoms with van der Waals surface area (Å²) in [5, 5.41) is 4.42. The van der Waals surface area contributed by atoms with Crippen molar-refractivity contribution in [2.24, 2.45) is 5.92 Å². The second-order valence-corrected chi connectivity index (χ2v) is 6.48. The van der Waals surface area contributed by atoms with E-state index in [9.17, 15) is 4.79 Å². The lowest BCUT2D eigenvalue weighted by Gasteiger charge is -2.24. The van der Waals surface area contributed by atoms with Crippen LogP contribution >= 0.6 is 35.6 Å². The van der Waals surface area contributed by atoms with Gasteiger partial charge in [-0.2, -0.15) is 0 Å². The van der Waals surface area contributed by atoms with Crippen molar-refractivity contribution in [1.82, 2.24) is 10.2 Å². The lowest BCUT2D eigenvalue weighted by molar-refractivity contribution is -0.130. The quantitative estimate of drug-likeness (QED) is 0.850. The zero-order chi connectivity index (χ0) is 15.2. The van der Waals surface area contributed by atoms with Crippen LogP contribution in [0.15, 0.2) is 18.2 Å². The fourth-order valence-electron chi connectivity index (χ4n) is 2.70. The van der Waals surface area contributed by atoms with Crippen molar-refractivity contribution in [3.63, 3.8) is 0 Å². The second-order valence-electron chi connectivity index (χ2n) is 5.69. The molecule has 0 radical (unpaired) electrons. The molecular formula is C16H23Cl3N2O. The van der Waals surface area contributed by atoms with Gasteiger partial charge in [0.1, 0.15) is 0 Å². The fourth-order valence-corrected chi connectivity index (χ4v) is 3.08. The average Bonchev–Trinajstić information content (AvgIpc) is 2.50. The molecule has 1 aliphatic heterocycles. The Hall–Kier alpha value is -0.480. The summed E-state index contributed by atoms with van der Waals surface area (Å²) in [6.07, 6.45) is 3.95. The van der Waals surface area contributed by atoms with E-state index in [-0.39, 0.29) is 18.3 Å². The van der Waals surface area contributed by atoms with Crippen LogP contribution in [0.2, 0.25) is 10.0 Å². The van der Waals surface area contributed by atoms with Crippen LogP contribution in [0, 0.1) is 5.92 Å². The summed E-state index contributed by atoms with van der Waals surface area (Å²) in [6, 6.07) is 5.52. The number of hydrogen-bond acceptors (Lipinski definition) is 2. The minimum absolute atomic E-state index is 0. The molecule has 1 saturated heterocycles. The highest BCUT2D eigenvalue weighted by molar-refractivity contribution is 6.42. The highest BCUT2D eigenvalue weighted by atomic mass is 35.5. The lowest BCUT2D eigenvalue weighted by Crippen LogP contribution is -2.30. The number of nitrogens with one attached hydrogen (secondary N) is 1. The number of carbonyl (C=O) groups is 1. The first-order valence-electron chi connectivity index (χ1n) is 7.45. The molecule has 2 rings (SSSR count). The first-order chi connectivity index (χ1) is 10.1. The number of amides is 1. The zero-order valence-corrected chi connectivity index (χ0v) is 15.1. The molecule has 3 nitrogen and oxygen atoms in total. The fraction of sp³-hybridized carbons (Fsp3) is 0.562. The summed E-state index contributed by atoms with van der Waals surface area (Å²) < 4.78 is 0. The number of carbonyl (C=O) groups excluding carboxylic acids is 1. The summed E-state index contributed by atoms with van der Waals surface area (Å²) in [4.78, 5) is 14.0. The highest BCUT2D eigenvalue weighted by Gasteiger charge is 2.17. The molecule has 6 heteroatoms. The third-order valence-corrected chi connectivity index (χ3v) is 4.95. The molecule has 1 aromatic rings. The van der Waals surface area contributed by atoms with Gasteiger partial charge in [0.25, 0.3) is 0 Å². The van der Waals surface area contributed by atoms with E-state index in [1.165, 1.54) is 12.8 Å². The molecule has 1 heterocycles. The summed E-state index contributed by atoms with van der Waals surface area (Å²) in [5.74, 6) is 0.850. The molecule has 0 saturated carbocycles. The van der Waals surface area contributed by atoms with E-state index < -0.39 is 0 Å². The summed E-state index contributed by atoms with van der Waals surface area (Å²) >= 11 is 12.2.